The Labute approximate surface area is 169 Å². The average molecular weight is 429 g/mol. The van der Waals surface area contributed by atoms with E-state index in [1.165, 1.54) is 6.26 Å². The summed E-state index contributed by atoms with van der Waals surface area (Å²) >= 11 is 12.7. The van der Waals surface area contributed by atoms with Crippen LogP contribution < -0.4 is 5.32 Å². The van der Waals surface area contributed by atoms with Crippen LogP contribution in [0, 0.1) is 0 Å². The van der Waals surface area contributed by atoms with Crippen LogP contribution >= 0.6 is 35.0 Å². The summed E-state index contributed by atoms with van der Waals surface area (Å²) in [4.78, 5) is 37.8. The molecule has 1 aromatic carbocycles. The van der Waals surface area contributed by atoms with E-state index in [4.69, 9.17) is 32.7 Å². The normalized spacial score (nSPS) is 18.2. The number of hydrogen-bond acceptors (Lipinski definition) is 6. The third-order valence-corrected chi connectivity index (χ3v) is 5.26. The van der Waals surface area contributed by atoms with E-state index in [0.717, 1.165) is 16.7 Å². The van der Waals surface area contributed by atoms with E-state index < -0.39 is 17.1 Å². The lowest BCUT2D eigenvalue weighted by molar-refractivity contribution is -0.124. The van der Waals surface area contributed by atoms with Crippen LogP contribution in [0.1, 0.15) is 5.56 Å². The topological polar surface area (TPSA) is 84.9 Å². The number of amides is 3. The highest BCUT2D eigenvalue weighted by Gasteiger charge is 2.34. The van der Waals surface area contributed by atoms with Gasteiger partial charge in [-0.2, -0.15) is 0 Å². The minimum Gasteiger partial charge on any atom is -0.494 e. The zero-order valence-electron chi connectivity index (χ0n) is 13.9. The Bertz CT molecular complexity index is 856. The summed E-state index contributed by atoms with van der Waals surface area (Å²) < 4.78 is 10.2. The van der Waals surface area contributed by atoms with Crippen LogP contribution in [0.3, 0.4) is 0 Å². The Morgan fingerprint density at radius 1 is 1.26 bits per heavy atom. The Hall–Kier alpha value is -2.16. The maximum absolute atomic E-state index is 12.4. The van der Waals surface area contributed by atoms with E-state index in [1.54, 1.807) is 24.3 Å². The number of hydrogen-bond donors (Lipinski definition) is 1. The molecule has 0 radical (unpaired) electrons. The highest BCUT2D eigenvalue weighted by molar-refractivity contribution is 8.18. The van der Waals surface area contributed by atoms with Gasteiger partial charge >= 0.3 is 0 Å². The SMILES string of the molecule is O=C(NCCN1C(=O)SC(=Cc2ccc(Cl)c(Cl)c2)C1=O)C1=COCCO1. The molecule has 2 aliphatic heterocycles. The Morgan fingerprint density at radius 3 is 2.78 bits per heavy atom. The third-order valence-electron chi connectivity index (χ3n) is 3.61. The van der Waals surface area contributed by atoms with Crippen molar-refractivity contribution >= 4 is 58.1 Å². The zero-order valence-corrected chi connectivity index (χ0v) is 16.2. The van der Waals surface area contributed by atoms with Crippen LogP contribution in [0.15, 0.2) is 35.1 Å². The Balaban J connectivity index is 1.59. The van der Waals surface area contributed by atoms with Crippen molar-refractivity contribution in [3.63, 3.8) is 0 Å². The van der Waals surface area contributed by atoms with Crippen LogP contribution in [0.2, 0.25) is 10.0 Å². The van der Waals surface area contributed by atoms with E-state index in [1.807, 2.05) is 0 Å². The lowest BCUT2D eigenvalue weighted by Crippen LogP contribution is -2.38. The molecule has 1 N–H and O–H groups in total. The summed E-state index contributed by atoms with van der Waals surface area (Å²) in [5, 5.41) is 2.93. The van der Waals surface area contributed by atoms with Crippen LogP contribution in [-0.2, 0) is 19.1 Å². The average Bonchev–Trinajstić information content (AvgIpc) is 2.92. The van der Waals surface area contributed by atoms with Crippen molar-refractivity contribution in [3.8, 4) is 0 Å². The number of imide groups is 1. The molecule has 142 valence electrons. The van der Waals surface area contributed by atoms with Crippen LogP contribution in [0.5, 0.6) is 0 Å². The van der Waals surface area contributed by atoms with E-state index in [9.17, 15) is 14.4 Å². The smallest absolute Gasteiger partial charge is 0.293 e. The lowest BCUT2D eigenvalue weighted by Gasteiger charge is -2.16. The monoisotopic (exact) mass is 428 g/mol. The first kappa shape index (κ1) is 19.6. The van der Waals surface area contributed by atoms with E-state index in [0.29, 0.717) is 28.8 Å². The lowest BCUT2D eigenvalue weighted by atomic mass is 10.2. The number of nitrogens with one attached hydrogen (secondary N) is 1. The number of halogens is 2. The summed E-state index contributed by atoms with van der Waals surface area (Å²) in [6.45, 7) is 0.821. The molecule has 0 atom stereocenters. The number of carbonyl (C=O) groups is 3. The molecule has 2 aliphatic rings. The fraction of sp³-hybridized carbons (Fsp3) is 0.235. The second-order valence-corrected chi connectivity index (χ2v) is 7.27. The first-order valence-electron chi connectivity index (χ1n) is 7.89. The van der Waals surface area contributed by atoms with Crippen molar-refractivity contribution in [1.82, 2.24) is 10.2 Å². The quantitative estimate of drug-likeness (QED) is 0.725. The third kappa shape index (κ3) is 4.77. The van der Waals surface area contributed by atoms with Gasteiger partial charge in [-0.05, 0) is 35.5 Å². The molecule has 0 spiro atoms. The molecule has 0 unspecified atom stereocenters. The molecular formula is C17H14Cl2N2O5S. The predicted octanol–water partition coefficient (Wildman–Crippen LogP) is 3.03. The Morgan fingerprint density at radius 2 is 2.07 bits per heavy atom. The second-order valence-electron chi connectivity index (χ2n) is 5.46. The number of carbonyl (C=O) groups excluding carboxylic acids is 3. The highest BCUT2D eigenvalue weighted by Crippen LogP contribution is 2.33. The number of ether oxygens (including phenoxy) is 2. The molecule has 0 saturated carbocycles. The number of rotatable bonds is 5. The van der Waals surface area contributed by atoms with Gasteiger partial charge in [-0.25, -0.2) is 0 Å². The number of benzene rings is 1. The zero-order chi connectivity index (χ0) is 19.4. The van der Waals surface area contributed by atoms with Gasteiger partial charge in [0.25, 0.3) is 17.1 Å². The van der Waals surface area contributed by atoms with Crippen LogP contribution in [-0.4, -0.2) is 48.3 Å². The van der Waals surface area contributed by atoms with Crippen molar-refractivity contribution in [2.45, 2.75) is 0 Å². The van der Waals surface area contributed by atoms with Gasteiger partial charge in [-0.15, -0.1) is 0 Å². The predicted molar refractivity (Wildman–Crippen MR) is 102 cm³/mol. The van der Waals surface area contributed by atoms with E-state index in [2.05, 4.69) is 5.32 Å². The van der Waals surface area contributed by atoms with Gasteiger partial charge in [0.15, 0.2) is 0 Å². The molecular weight excluding hydrogens is 415 g/mol. The molecule has 0 bridgehead atoms. The van der Waals surface area contributed by atoms with Crippen LogP contribution in [0.4, 0.5) is 4.79 Å². The van der Waals surface area contributed by atoms with E-state index >= 15 is 0 Å². The van der Waals surface area contributed by atoms with Gasteiger partial charge in [-0.3, -0.25) is 19.3 Å². The van der Waals surface area contributed by atoms with Gasteiger partial charge in [0.1, 0.15) is 19.5 Å². The molecule has 7 nitrogen and oxygen atoms in total. The second kappa shape index (κ2) is 8.69. The molecule has 0 aromatic heterocycles. The summed E-state index contributed by atoms with van der Waals surface area (Å²) in [7, 11) is 0. The minimum absolute atomic E-state index is 0.0449. The Kier molecular flexibility index (Phi) is 6.30. The summed E-state index contributed by atoms with van der Waals surface area (Å²) in [6, 6.07) is 4.92. The van der Waals surface area contributed by atoms with Crippen molar-refractivity contribution < 1.29 is 23.9 Å². The maximum Gasteiger partial charge on any atom is 0.293 e. The molecule has 0 aliphatic carbocycles. The van der Waals surface area contributed by atoms with Crippen molar-refractivity contribution in [2.75, 3.05) is 26.3 Å². The number of thioether (sulfide) groups is 1. The first-order valence-corrected chi connectivity index (χ1v) is 9.46. The van der Waals surface area contributed by atoms with Gasteiger partial charge in [0, 0.05) is 13.1 Å². The van der Waals surface area contributed by atoms with E-state index in [-0.39, 0.29) is 23.8 Å². The molecule has 10 heteroatoms. The van der Waals surface area contributed by atoms with Crippen LogP contribution in [0.25, 0.3) is 6.08 Å². The summed E-state index contributed by atoms with van der Waals surface area (Å²) in [5.74, 6) is -0.829. The maximum atomic E-state index is 12.4. The molecule has 27 heavy (non-hydrogen) atoms. The summed E-state index contributed by atoms with van der Waals surface area (Å²) in [5.41, 5.74) is 0.657. The minimum atomic E-state index is -0.465. The summed E-state index contributed by atoms with van der Waals surface area (Å²) in [6.07, 6.45) is 2.81. The highest BCUT2D eigenvalue weighted by atomic mass is 35.5. The van der Waals surface area contributed by atoms with Gasteiger partial charge in [0.05, 0.1) is 15.0 Å². The van der Waals surface area contributed by atoms with Gasteiger partial charge in [0.2, 0.25) is 5.76 Å². The fourth-order valence-electron chi connectivity index (χ4n) is 2.30. The standard InChI is InChI=1S/C17H14Cl2N2O5S/c18-11-2-1-10(7-12(11)19)8-14-16(23)21(17(24)27-14)4-3-20-15(22)13-9-25-5-6-26-13/h1-2,7-9H,3-6H2,(H,20,22). The molecule has 2 heterocycles. The molecule has 1 saturated heterocycles. The molecule has 3 amide bonds. The van der Waals surface area contributed by atoms with Crippen molar-refractivity contribution in [3.05, 3.63) is 50.7 Å². The van der Waals surface area contributed by atoms with Crippen molar-refractivity contribution in [2.24, 2.45) is 0 Å². The number of nitrogens with zero attached hydrogens (tertiary/aromatic N) is 1. The van der Waals surface area contributed by atoms with Gasteiger partial charge < -0.3 is 14.8 Å². The van der Waals surface area contributed by atoms with Gasteiger partial charge in [-0.1, -0.05) is 29.3 Å². The molecule has 1 fully saturated rings. The fourth-order valence-corrected chi connectivity index (χ4v) is 3.47. The first-order chi connectivity index (χ1) is 13.0. The molecule has 3 rings (SSSR count). The largest absolute Gasteiger partial charge is 0.494 e. The van der Waals surface area contributed by atoms with Crippen molar-refractivity contribution in [1.29, 1.82) is 0 Å². The molecule has 1 aromatic rings.